The Morgan fingerprint density at radius 2 is 1.61 bits per heavy atom. The van der Waals surface area contributed by atoms with Crippen molar-refractivity contribution in [3.63, 3.8) is 0 Å². The molecule has 0 saturated carbocycles. The number of nitrogens with zero attached hydrogens (tertiary/aromatic N) is 2. The third-order valence-corrected chi connectivity index (χ3v) is 8.74. The van der Waals surface area contributed by atoms with Gasteiger partial charge < -0.3 is 29.9 Å². The fourth-order valence-electron chi connectivity index (χ4n) is 6.33. The molecule has 3 saturated heterocycles. The molecule has 9 heteroatoms. The van der Waals surface area contributed by atoms with Crippen molar-refractivity contribution in [2.45, 2.75) is 76.6 Å². The van der Waals surface area contributed by atoms with Crippen LogP contribution in [0.3, 0.4) is 0 Å². The van der Waals surface area contributed by atoms with Crippen LogP contribution >= 0.6 is 0 Å². The Morgan fingerprint density at radius 3 is 2.29 bits per heavy atom. The Labute approximate surface area is 242 Å². The molecule has 3 aliphatic rings. The van der Waals surface area contributed by atoms with Gasteiger partial charge in [0.25, 0.3) is 0 Å². The standard InChI is InChI=1S/C32H43N3O6/c1-22-28(20-35-18-4-5-27(35)19-34-16-2-3-17-34)40-32(41-31(22)24-8-6-23(21-36)7-9-24)25-10-12-26(13-11-25)33-29(37)14-15-30(38)39/h6-13,22,27-28,31-32,36H,2-5,14-21H2,1H3,(H,33,37)(H,38,39). The van der Waals surface area contributed by atoms with Gasteiger partial charge in [0.1, 0.15) is 0 Å². The number of nitrogens with one attached hydrogen (secondary N) is 1. The second-order valence-electron chi connectivity index (χ2n) is 11.7. The normalized spacial score (nSPS) is 27.2. The molecule has 5 unspecified atom stereocenters. The molecule has 41 heavy (non-hydrogen) atoms. The van der Waals surface area contributed by atoms with E-state index < -0.39 is 12.3 Å². The van der Waals surface area contributed by atoms with Crippen LogP contribution in [0.15, 0.2) is 48.5 Å². The molecule has 222 valence electrons. The van der Waals surface area contributed by atoms with Gasteiger partial charge >= 0.3 is 5.97 Å². The van der Waals surface area contributed by atoms with Crippen LogP contribution in [0.5, 0.6) is 0 Å². The number of benzene rings is 2. The number of aliphatic carboxylic acids is 1. The van der Waals surface area contributed by atoms with Crippen molar-refractivity contribution in [2.75, 3.05) is 38.0 Å². The first-order valence-electron chi connectivity index (χ1n) is 15.0. The van der Waals surface area contributed by atoms with Gasteiger partial charge in [0.2, 0.25) is 5.91 Å². The van der Waals surface area contributed by atoms with Crippen LogP contribution in [0.2, 0.25) is 0 Å². The lowest BCUT2D eigenvalue weighted by atomic mass is 9.90. The van der Waals surface area contributed by atoms with Gasteiger partial charge in [-0.2, -0.15) is 0 Å². The predicted octanol–water partition coefficient (Wildman–Crippen LogP) is 4.33. The number of likely N-dealkylation sites (tertiary alicyclic amines) is 2. The number of aliphatic hydroxyl groups excluding tert-OH is 1. The molecular weight excluding hydrogens is 522 g/mol. The fourth-order valence-corrected chi connectivity index (χ4v) is 6.33. The summed E-state index contributed by atoms with van der Waals surface area (Å²) in [6.45, 7) is 7.68. The number of carbonyl (C=O) groups is 2. The van der Waals surface area contributed by atoms with Crippen molar-refractivity contribution in [1.29, 1.82) is 0 Å². The third kappa shape index (κ3) is 7.72. The highest BCUT2D eigenvalue weighted by molar-refractivity contribution is 5.92. The number of ether oxygens (including phenoxy) is 2. The number of amides is 1. The predicted molar refractivity (Wildman–Crippen MR) is 155 cm³/mol. The van der Waals surface area contributed by atoms with E-state index in [1.54, 1.807) is 12.1 Å². The molecule has 0 bridgehead atoms. The van der Waals surface area contributed by atoms with Gasteiger partial charge in [0.15, 0.2) is 6.29 Å². The summed E-state index contributed by atoms with van der Waals surface area (Å²) < 4.78 is 13.3. The van der Waals surface area contributed by atoms with Gasteiger partial charge in [-0.25, -0.2) is 0 Å². The van der Waals surface area contributed by atoms with E-state index in [1.165, 1.54) is 38.8 Å². The summed E-state index contributed by atoms with van der Waals surface area (Å²) in [5.74, 6) is -1.21. The van der Waals surface area contributed by atoms with Crippen LogP contribution in [0.4, 0.5) is 5.69 Å². The van der Waals surface area contributed by atoms with Gasteiger partial charge in [-0.1, -0.05) is 43.3 Å². The maximum absolute atomic E-state index is 12.1. The lowest BCUT2D eigenvalue weighted by molar-refractivity contribution is -0.276. The summed E-state index contributed by atoms with van der Waals surface area (Å²) in [7, 11) is 0. The van der Waals surface area contributed by atoms with Crippen LogP contribution in [0, 0.1) is 5.92 Å². The highest BCUT2D eigenvalue weighted by Crippen LogP contribution is 2.42. The second kappa shape index (κ2) is 13.9. The van der Waals surface area contributed by atoms with Crippen LogP contribution in [-0.2, 0) is 25.7 Å². The SMILES string of the molecule is CC1C(CN2CCCC2CN2CCCC2)OC(c2ccc(NC(=O)CCC(=O)O)cc2)OC1c1ccc(CO)cc1. The lowest BCUT2D eigenvalue weighted by Gasteiger charge is -2.43. The summed E-state index contributed by atoms with van der Waals surface area (Å²) >= 11 is 0. The minimum Gasteiger partial charge on any atom is -0.481 e. The number of hydrogen-bond donors (Lipinski definition) is 3. The molecule has 3 fully saturated rings. The molecule has 0 spiro atoms. The molecule has 9 nitrogen and oxygen atoms in total. The number of carboxylic acids is 1. The topological polar surface area (TPSA) is 112 Å². The van der Waals surface area contributed by atoms with E-state index in [0.717, 1.165) is 36.3 Å². The maximum atomic E-state index is 12.1. The smallest absolute Gasteiger partial charge is 0.303 e. The van der Waals surface area contributed by atoms with Gasteiger partial charge in [0.05, 0.1) is 25.2 Å². The Morgan fingerprint density at radius 1 is 0.902 bits per heavy atom. The summed E-state index contributed by atoms with van der Waals surface area (Å²) in [6, 6.07) is 15.9. The van der Waals surface area contributed by atoms with Crippen LogP contribution < -0.4 is 5.32 Å². The van der Waals surface area contributed by atoms with E-state index >= 15 is 0 Å². The van der Waals surface area contributed by atoms with Crippen molar-refractivity contribution in [1.82, 2.24) is 9.80 Å². The third-order valence-electron chi connectivity index (χ3n) is 8.74. The maximum Gasteiger partial charge on any atom is 0.303 e. The summed E-state index contributed by atoms with van der Waals surface area (Å²) in [6.07, 6.45) is 3.98. The van der Waals surface area contributed by atoms with Gasteiger partial charge in [-0.05, 0) is 68.6 Å². The fraction of sp³-hybridized carbons (Fsp3) is 0.562. The zero-order chi connectivity index (χ0) is 28.8. The second-order valence-corrected chi connectivity index (χ2v) is 11.7. The highest BCUT2D eigenvalue weighted by Gasteiger charge is 2.40. The Bertz CT molecular complexity index is 1150. The molecule has 5 atom stereocenters. The number of carboxylic acid groups (broad SMARTS) is 1. The first kappa shape index (κ1) is 29.7. The Balaban J connectivity index is 1.31. The lowest BCUT2D eigenvalue weighted by Crippen LogP contribution is -2.48. The van der Waals surface area contributed by atoms with Crippen LogP contribution in [0.25, 0.3) is 0 Å². The Kier molecular flexibility index (Phi) is 10.1. The first-order valence-corrected chi connectivity index (χ1v) is 15.0. The van der Waals surface area contributed by atoms with E-state index in [0.29, 0.717) is 11.7 Å². The molecule has 2 aromatic rings. The number of rotatable bonds is 11. The van der Waals surface area contributed by atoms with Gasteiger partial charge in [0, 0.05) is 42.7 Å². The molecule has 3 aliphatic heterocycles. The molecule has 1 amide bonds. The monoisotopic (exact) mass is 565 g/mol. The van der Waals surface area contributed by atoms with E-state index in [-0.39, 0.29) is 43.5 Å². The quantitative estimate of drug-likeness (QED) is 0.369. The van der Waals surface area contributed by atoms with Crippen molar-refractivity contribution in [3.8, 4) is 0 Å². The van der Waals surface area contributed by atoms with Crippen LogP contribution in [0.1, 0.15) is 74.5 Å². The molecule has 0 aromatic heterocycles. The van der Waals surface area contributed by atoms with Crippen LogP contribution in [-0.4, -0.2) is 76.8 Å². The van der Waals surface area contributed by atoms with Crippen molar-refractivity contribution < 1.29 is 29.3 Å². The zero-order valence-electron chi connectivity index (χ0n) is 23.9. The number of anilines is 1. The molecule has 5 rings (SSSR count). The molecule has 0 radical (unpaired) electrons. The summed E-state index contributed by atoms with van der Waals surface area (Å²) in [5.41, 5.74) is 3.38. The first-order chi connectivity index (χ1) is 19.9. The number of aliphatic hydroxyl groups is 1. The summed E-state index contributed by atoms with van der Waals surface area (Å²) in [4.78, 5) is 28.1. The zero-order valence-corrected chi connectivity index (χ0v) is 23.9. The van der Waals surface area contributed by atoms with Crippen molar-refractivity contribution in [2.24, 2.45) is 5.92 Å². The minimum absolute atomic E-state index is 0.00226. The van der Waals surface area contributed by atoms with E-state index in [1.807, 2.05) is 36.4 Å². The van der Waals surface area contributed by atoms with E-state index in [4.69, 9.17) is 14.6 Å². The molecular formula is C32H43N3O6. The van der Waals surface area contributed by atoms with E-state index in [9.17, 15) is 14.7 Å². The summed E-state index contributed by atoms with van der Waals surface area (Å²) in [5, 5.41) is 21.1. The molecule has 0 aliphatic carbocycles. The molecule has 2 aromatic carbocycles. The Hall–Kier alpha value is -2.82. The van der Waals surface area contributed by atoms with Gasteiger partial charge in [-0.3, -0.25) is 14.5 Å². The largest absolute Gasteiger partial charge is 0.481 e. The van der Waals surface area contributed by atoms with Gasteiger partial charge in [-0.15, -0.1) is 0 Å². The average molecular weight is 566 g/mol. The number of carbonyl (C=O) groups excluding carboxylic acids is 1. The number of hydrogen-bond acceptors (Lipinski definition) is 7. The highest BCUT2D eigenvalue weighted by atomic mass is 16.7. The minimum atomic E-state index is -0.997. The average Bonchev–Trinajstić information content (AvgIpc) is 3.66. The van der Waals surface area contributed by atoms with Crippen molar-refractivity contribution >= 4 is 17.6 Å². The van der Waals surface area contributed by atoms with Crippen molar-refractivity contribution in [3.05, 3.63) is 65.2 Å². The van der Waals surface area contributed by atoms with E-state index in [2.05, 4.69) is 22.0 Å². The molecule has 3 heterocycles. The molecule has 3 N–H and O–H groups in total.